The molecule has 0 spiro atoms. The molecule has 4 aromatic heterocycles. The van der Waals surface area contributed by atoms with Crippen LogP contribution in [0, 0.1) is 6.92 Å². The Balaban J connectivity index is 1.95. The number of nitrogens with one attached hydrogen (secondary N) is 1. The summed E-state index contributed by atoms with van der Waals surface area (Å²) in [7, 11) is 1.68. The second kappa shape index (κ2) is 7.85. The van der Waals surface area contributed by atoms with Crippen LogP contribution in [0.3, 0.4) is 0 Å². The Bertz CT molecular complexity index is 1330. The van der Waals surface area contributed by atoms with E-state index in [2.05, 4.69) is 31.3 Å². The molecule has 2 amide bonds. The van der Waals surface area contributed by atoms with Gasteiger partial charge in [0.25, 0.3) is 18.2 Å². The molecule has 12 heteroatoms. The maximum atomic E-state index is 13.4. The lowest BCUT2D eigenvalue weighted by Gasteiger charge is -2.09. The third-order valence-electron chi connectivity index (χ3n) is 4.63. The number of carbonyl (C=O) groups is 2. The number of aromatic nitrogens is 3. The fourth-order valence-corrected chi connectivity index (χ4v) is 4.58. The van der Waals surface area contributed by atoms with Gasteiger partial charge in [-0.15, -0.1) is 11.3 Å². The number of furan rings is 1. The minimum Gasteiger partial charge on any atom is -0.464 e. The first-order valence-electron chi connectivity index (χ1n) is 8.78. The van der Waals surface area contributed by atoms with Gasteiger partial charge in [-0.3, -0.25) is 14.3 Å². The molecule has 0 aliphatic rings. The number of pyridine rings is 1. The molecule has 4 aromatic rings. The maximum absolute atomic E-state index is 13.4. The fourth-order valence-electron chi connectivity index (χ4n) is 3.05. The average Bonchev–Trinajstić information content (AvgIpc) is 3.43. The minimum atomic E-state index is -2.84. The Kier molecular flexibility index (Phi) is 5.35. The molecule has 0 aliphatic heterocycles. The van der Waals surface area contributed by atoms with Crippen molar-refractivity contribution in [2.45, 2.75) is 13.3 Å². The zero-order valence-corrected chi connectivity index (χ0v) is 18.5. The van der Waals surface area contributed by atoms with Crippen molar-refractivity contribution in [3.05, 3.63) is 50.9 Å². The van der Waals surface area contributed by atoms with Crippen LogP contribution in [0.25, 0.3) is 21.5 Å². The smallest absolute Gasteiger partial charge is 0.280 e. The van der Waals surface area contributed by atoms with Crippen LogP contribution in [0.1, 0.15) is 38.0 Å². The zero-order chi connectivity index (χ0) is 22.4. The Hall–Kier alpha value is -3.12. The lowest BCUT2D eigenvalue weighted by atomic mass is 10.1. The van der Waals surface area contributed by atoms with E-state index in [0.29, 0.717) is 4.47 Å². The van der Waals surface area contributed by atoms with Gasteiger partial charge in [-0.25, -0.2) is 13.8 Å². The molecule has 160 valence electrons. The Morgan fingerprint density at radius 1 is 1.39 bits per heavy atom. The quantitative estimate of drug-likeness (QED) is 0.406. The van der Waals surface area contributed by atoms with E-state index in [4.69, 9.17) is 10.2 Å². The number of primary amides is 1. The van der Waals surface area contributed by atoms with Crippen LogP contribution < -0.4 is 11.1 Å². The molecule has 0 saturated carbocycles. The summed E-state index contributed by atoms with van der Waals surface area (Å²) in [6, 6.07) is 4.34. The van der Waals surface area contributed by atoms with Crippen LogP contribution in [-0.2, 0) is 7.05 Å². The van der Waals surface area contributed by atoms with Crippen LogP contribution in [0.4, 0.5) is 14.5 Å². The molecule has 4 rings (SSSR count). The van der Waals surface area contributed by atoms with Gasteiger partial charge < -0.3 is 15.5 Å². The summed E-state index contributed by atoms with van der Waals surface area (Å²) in [5.74, 6) is -1.17. The molecule has 0 aliphatic carbocycles. The number of halogens is 3. The lowest BCUT2D eigenvalue weighted by Crippen LogP contribution is -2.17. The number of fused-ring (bicyclic) bond motifs is 1. The highest BCUT2D eigenvalue weighted by atomic mass is 79.9. The van der Waals surface area contributed by atoms with Gasteiger partial charge in [0.1, 0.15) is 21.2 Å². The van der Waals surface area contributed by atoms with E-state index >= 15 is 0 Å². The van der Waals surface area contributed by atoms with E-state index < -0.39 is 23.9 Å². The van der Waals surface area contributed by atoms with E-state index in [9.17, 15) is 18.4 Å². The predicted octanol–water partition coefficient (Wildman–Crippen LogP) is 4.65. The molecule has 0 fully saturated rings. The lowest BCUT2D eigenvalue weighted by molar-refractivity contribution is 0.100. The minimum absolute atomic E-state index is 0.0288. The molecule has 0 aromatic carbocycles. The Labute approximate surface area is 186 Å². The second-order valence-electron chi connectivity index (χ2n) is 6.55. The third-order valence-corrected chi connectivity index (χ3v) is 6.68. The van der Waals surface area contributed by atoms with Crippen LogP contribution in [0.2, 0.25) is 0 Å². The number of thiophene rings is 1. The van der Waals surface area contributed by atoms with E-state index in [1.807, 2.05) is 0 Å². The second-order valence-corrected chi connectivity index (χ2v) is 8.34. The average molecular weight is 510 g/mol. The van der Waals surface area contributed by atoms with E-state index in [0.717, 1.165) is 17.0 Å². The van der Waals surface area contributed by atoms with Crippen molar-refractivity contribution in [2.75, 3.05) is 5.32 Å². The summed E-state index contributed by atoms with van der Waals surface area (Å²) in [5.41, 5.74) is 6.14. The van der Waals surface area contributed by atoms with Gasteiger partial charge in [-0.1, -0.05) is 0 Å². The van der Waals surface area contributed by atoms with Crippen LogP contribution in [0.15, 0.2) is 33.4 Å². The van der Waals surface area contributed by atoms with Crippen LogP contribution >= 0.6 is 27.3 Å². The van der Waals surface area contributed by atoms with E-state index in [1.54, 1.807) is 26.1 Å². The van der Waals surface area contributed by atoms with Gasteiger partial charge >= 0.3 is 0 Å². The summed E-state index contributed by atoms with van der Waals surface area (Å²) < 4.78 is 34.3. The highest BCUT2D eigenvalue weighted by Crippen LogP contribution is 2.42. The molecule has 3 N–H and O–H groups in total. The summed E-state index contributed by atoms with van der Waals surface area (Å²) >= 11 is 4.14. The SMILES string of the molecule is Cc1c(Br)c(C(=O)Nc2c(C(N)=O)sc3nc(C(F)F)cc(-c4ccco4)c23)nn1C. The van der Waals surface area contributed by atoms with Gasteiger partial charge in [0, 0.05) is 18.0 Å². The molecule has 0 atom stereocenters. The number of alkyl halides is 2. The molecule has 0 unspecified atom stereocenters. The number of carbonyl (C=O) groups excluding carboxylic acids is 2. The van der Waals surface area contributed by atoms with E-state index in [-0.39, 0.29) is 37.8 Å². The summed E-state index contributed by atoms with van der Waals surface area (Å²) in [6.07, 6.45) is -1.46. The van der Waals surface area contributed by atoms with Crippen LogP contribution in [0.5, 0.6) is 0 Å². The van der Waals surface area contributed by atoms with Crippen molar-refractivity contribution in [3.8, 4) is 11.3 Å². The fraction of sp³-hybridized carbons (Fsp3) is 0.158. The van der Waals surface area contributed by atoms with Crippen molar-refractivity contribution < 1.29 is 22.8 Å². The summed E-state index contributed by atoms with van der Waals surface area (Å²) in [5, 5.41) is 7.10. The molecular formula is C19H14BrF2N5O3S. The summed E-state index contributed by atoms with van der Waals surface area (Å²) in [6.45, 7) is 1.77. The molecular weight excluding hydrogens is 496 g/mol. The summed E-state index contributed by atoms with van der Waals surface area (Å²) in [4.78, 5) is 29.1. The number of nitrogens with zero attached hydrogens (tertiary/aromatic N) is 3. The monoisotopic (exact) mass is 509 g/mol. The van der Waals surface area contributed by atoms with Crippen molar-refractivity contribution in [1.82, 2.24) is 14.8 Å². The molecule has 8 nitrogen and oxygen atoms in total. The van der Waals surface area contributed by atoms with Crippen molar-refractivity contribution >= 4 is 55.0 Å². The molecule has 4 heterocycles. The van der Waals surface area contributed by atoms with Gasteiger partial charge in [0.15, 0.2) is 5.69 Å². The highest BCUT2D eigenvalue weighted by molar-refractivity contribution is 9.10. The van der Waals surface area contributed by atoms with Gasteiger partial charge in [0.05, 0.1) is 22.1 Å². The number of rotatable bonds is 5. The molecule has 0 radical (unpaired) electrons. The first kappa shape index (κ1) is 21.1. The number of hydrogen-bond donors (Lipinski definition) is 2. The van der Waals surface area contributed by atoms with E-state index in [1.165, 1.54) is 17.0 Å². The highest BCUT2D eigenvalue weighted by Gasteiger charge is 2.27. The Morgan fingerprint density at radius 3 is 2.68 bits per heavy atom. The van der Waals surface area contributed by atoms with Gasteiger partial charge in [0.2, 0.25) is 0 Å². The zero-order valence-electron chi connectivity index (χ0n) is 16.1. The standard InChI is InChI=1S/C19H14BrF2N5O3S/c1-7-12(20)14(26-27(7)2)18(29)25-13-11-8(10-4-3-5-30-10)6-9(16(21)22)24-19(11)31-15(13)17(23)28/h3-6,16H,1-2H3,(H2,23,28)(H,25,29). The number of anilines is 1. The number of hydrogen-bond acceptors (Lipinski definition) is 6. The predicted molar refractivity (Wildman–Crippen MR) is 114 cm³/mol. The number of nitrogens with two attached hydrogens (primary N) is 1. The molecule has 0 bridgehead atoms. The first-order valence-corrected chi connectivity index (χ1v) is 10.4. The van der Waals surface area contributed by atoms with Gasteiger partial charge in [-0.05, 0) is 41.1 Å². The topological polar surface area (TPSA) is 116 Å². The van der Waals surface area contributed by atoms with Crippen molar-refractivity contribution in [2.24, 2.45) is 12.8 Å². The van der Waals surface area contributed by atoms with Crippen molar-refractivity contribution in [3.63, 3.8) is 0 Å². The number of amides is 2. The molecule has 31 heavy (non-hydrogen) atoms. The largest absolute Gasteiger partial charge is 0.464 e. The van der Waals surface area contributed by atoms with Gasteiger partial charge in [-0.2, -0.15) is 5.10 Å². The maximum Gasteiger partial charge on any atom is 0.280 e. The first-order chi connectivity index (χ1) is 14.7. The van der Waals surface area contributed by atoms with Crippen molar-refractivity contribution in [1.29, 1.82) is 0 Å². The number of aryl methyl sites for hydroxylation is 1. The third kappa shape index (κ3) is 3.61. The van der Waals surface area contributed by atoms with Crippen LogP contribution in [-0.4, -0.2) is 26.6 Å². The normalized spacial score (nSPS) is 11.4. The molecule has 0 saturated heterocycles. The Morgan fingerprint density at radius 2 is 2.13 bits per heavy atom.